The highest BCUT2D eigenvalue weighted by molar-refractivity contribution is 6.31. The zero-order valence-corrected chi connectivity index (χ0v) is 13.1. The monoisotopic (exact) mass is 339 g/mol. The third-order valence-electron chi connectivity index (χ3n) is 4.22. The average Bonchev–Trinajstić information content (AvgIpc) is 3.30. The first-order chi connectivity index (χ1) is 10.8. The standard InChI is InChI=1S/C15H15ClFN3O3/c1-15(8-5-6-8)13(22)20(14(23)19-15)7-11(21)18-10-4-2-3-9(16)12(10)17/h2-4,8H,5-7H2,1H3,(H,18,21)(H,19,23). The zero-order valence-electron chi connectivity index (χ0n) is 12.4. The van der Waals surface area contributed by atoms with Crippen molar-refractivity contribution in [3.63, 3.8) is 0 Å². The predicted molar refractivity (Wildman–Crippen MR) is 81.4 cm³/mol. The molecule has 2 N–H and O–H groups in total. The Labute approximate surface area is 137 Å². The lowest BCUT2D eigenvalue weighted by molar-refractivity contribution is -0.134. The number of hydrogen-bond acceptors (Lipinski definition) is 3. The number of hydrogen-bond donors (Lipinski definition) is 2. The molecule has 1 saturated carbocycles. The highest BCUT2D eigenvalue weighted by Crippen LogP contribution is 2.42. The molecule has 1 aromatic rings. The van der Waals surface area contributed by atoms with Crippen molar-refractivity contribution in [2.45, 2.75) is 25.3 Å². The molecule has 0 spiro atoms. The van der Waals surface area contributed by atoms with Crippen LogP contribution in [0, 0.1) is 11.7 Å². The van der Waals surface area contributed by atoms with Crippen LogP contribution in [0.1, 0.15) is 19.8 Å². The molecular formula is C15H15ClFN3O3. The van der Waals surface area contributed by atoms with Crippen molar-refractivity contribution in [1.29, 1.82) is 0 Å². The van der Waals surface area contributed by atoms with Crippen LogP contribution in [0.4, 0.5) is 14.9 Å². The minimum atomic E-state index is -0.946. The molecule has 1 atom stereocenters. The third-order valence-corrected chi connectivity index (χ3v) is 4.51. The van der Waals surface area contributed by atoms with Crippen molar-refractivity contribution < 1.29 is 18.8 Å². The summed E-state index contributed by atoms with van der Waals surface area (Å²) in [6.45, 7) is 1.19. The number of benzene rings is 1. The van der Waals surface area contributed by atoms with Gasteiger partial charge in [0.05, 0.1) is 10.7 Å². The minimum absolute atomic E-state index is 0.0977. The van der Waals surface area contributed by atoms with Crippen LogP contribution in [0.15, 0.2) is 18.2 Å². The molecule has 3 rings (SSSR count). The Bertz CT molecular complexity index is 707. The number of halogens is 2. The van der Waals surface area contributed by atoms with Crippen LogP contribution in [-0.4, -0.2) is 34.8 Å². The van der Waals surface area contributed by atoms with Crippen LogP contribution >= 0.6 is 11.6 Å². The van der Waals surface area contributed by atoms with Crippen LogP contribution in [-0.2, 0) is 9.59 Å². The van der Waals surface area contributed by atoms with Gasteiger partial charge in [-0.3, -0.25) is 14.5 Å². The maximum absolute atomic E-state index is 13.8. The van der Waals surface area contributed by atoms with Gasteiger partial charge in [0.25, 0.3) is 5.91 Å². The number of carbonyl (C=O) groups excluding carboxylic acids is 3. The summed E-state index contributed by atoms with van der Waals surface area (Å²) >= 11 is 5.64. The van der Waals surface area contributed by atoms with E-state index < -0.39 is 35.7 Å². The molecule has 8 heteroatoms. The van der Waals surface area contributed by atoms with E-state index in [9.17, 15) is 18.8 Å². The summed E-state index contributed by atoms with van der Waals surface area (Å²) < 4.78 is 13.8. The largest absolute Gasteiger partial charge is 0.325 e. The smallest absolute Gasteiger partial charge is 0.323 e. The summed E-state index contributed by atoms with van der Waals surface area (Å²) in [4.78, 5) is 37.2. The van der Waals surface area contributed by atoms with Gasteiger partial charge in [-0.1, -0.05) is 17.7 Å². The Morgan fingerprint density at radius 2 is 2.17 bits per heavy atom. The van der Waals surface area contributed by atoms with E-state index >= 15 is 0 Å². The second-order valence-electron chi connectivity index (χ2n) is 5.95. The molecule has 1 unspecified atom stereocenters. The highest BCUT2D eigenvalue weighted by Gasteiger charge is 2.56. The van der Waals surface area contributed by atoms with Crippen LogP contribution in [0.5, 0.6) is 0 Å². The van der Waals surface area contributed by atoms with E-state index in [1.807, 2.05) is 0 Å². The van der Waals surface area contributed by atoms with E-state index in [4.69, 9.17) is 11.6 Å². The fourth-order valence-electron chi connectivity index (χ4n) is 2.73. The molecule has 1 saturated heterocycles. The van der Waals surface area contributed by atoms with Gasteiger partial charge in [0.2, 0.25) is 5.91 Å². The van der Waals surface area contributed by atoms with Crippen molar-refractivity contribution in [1.82, 2.24) is 10.2 Å². The number of amides is 4. The van der Waals surface area contributed by atoms with Gasteiger partial charge in [-0.15, -0.1) is 0 Å². The first kappa shape index (κ1) is 15.7. The molecule has 1 aliphatic carbocycles. The topological polar surface area (TPSA) is 78.5 Å². The molecule has 0 radical (unpaired) electrons. The predicted octanol–water partition coefficient (Wildman–Crippen LogP) is 2.14. The second-order valence-corrected chi connectivity index (χ2v) is 6.35. The molecule has 1 aliphatic heterocycles. The molecule has 1 aromatic carbocycles. The Morgan fingerprint density at radius 3 is 2.83 bits per heavy atom. The van der Waals surface area contributed by atoms with E-state index in [1.54, 1.807) is 6.92 Å². The van der Waals surface area contributed by atoms with E-state index in [-0.39, 0.29) is 16.6 Å². The summed E-state index contributed by atoms with van der Waals surface area (Å²) in [7, 11) is 0. The van der Waals surface area contributed by atoms with Crippen LogP contribution in [0.2, 0.25) is 5.02 Å². The molecule has 0 aromatic heterocycles. The quantitative estimate of drug-likeness (QED) is 0.825. The fraction of sp³-hybridized carbons (Fsp3) is 0.400. The van der Waals surface area contributed by atoms with E-state index in [0.29, 0.717) is 0 Å². The van der Waals surface area contributed by atoms with E-state index in [0.717, 1.165) is 17.7 Å². The van der Waals surface area contributed by atoms with Gasteiger partial charge in [0.1, 0.15) is 12.1 Å². The molecule has 23 heavy (non-hydrogen) atoms. The molecule has 6 nitrogen and oxygen atoms in total. The SMILES string of the molecule is CC1(C2CC2)NC(=O)N(CC(=O)Nc2cccc(Cl)c2F)C1=O. The first-order valence-electron chi connectivity index (χ1n) is 7.21. The Kier molecular flexibility index (Phi) is 3.75. The molecule has 0 bridgehead atoms. The summed E-state index contributed by atoms with van der Waals surface area (Å²) in [6.07, 6.45) is 1.74. The summed E-state index contributed by atoms with van der Waals surface area (Å²) in [6, 6.07) is 3.58. The molecule has 2 fully saturated rings. The van der Waals surface area contributed by atoms with Gasteiger partial charge in [-0.2, -0.15) is 0 Å². The summed E-state index contributed by atoms with van der Waals surface area (Å²) in [5, 5.41) is 4.84. The highest BCUT2D eigenvalue weighted by atomic mass is 35.5. The number of imide groups is 1. The molecule has 122 valence electrons. The Hall–Kier alpha value is -2.15. The van der Waals surface area contributed by atoms with Crippen LogP contribution in [0.25, 0.3) is 0 Å². The number of rotatable bonds is 4. The second kappa shape index (κ2) is 5.49. The molecule has 2 aliphatic rings. The minimum Gasteiger partial charge on any atom is -0.323 e. The molecule has 1 heterocycles. The number of nitrogens with one attached hydrogen (secondary N) is 2. The number of nitrogens with zero attached hydrogens (tertiary/aromatic N) is 1. The van der Waals surface area contributed by atoms with Crippen molar-refractivity contribution in [2.24, 2.45) is 5.92 Å². The third kappa shape index (κ3) is 2.76. The molecule has 4 amide bonds. The average molecular weight is 340 g/mol. The summed E-state index contributed by atoms with van der Waals surface area (Å²) in [5.74, 6) is -1.75. The van der Waals surface area contributed by atoms with Crippen molar-refractivity contribution in [3.05, 3.63) is 29.0 Å². The van der Waals surface area contributed by atoms with E-state index in [2.05, 4.69) is 10.6 Å². The van der Waals surface area contributed by atoms with Gasteiger partial charge in [-0.05, 0) is 37.8 Å². The number of anilines is 1. The van der Waals surface area contributed by atoms with Crippen LogP contribution in [0.3, 0.4) is 0 Å². The first-order valence-corrected chi connectivity index (χ1v) is 7.58. The number of urea groups is 1. The van der Waals surface area contributed by atoms with Crippen molar-refractivity contribution in [2.75, 3.05) is 11.9 Å². The maximum atomic E-state index is 13.8. The summed E-state index contributed by atoms with van der Waals surface area (Å²) in [5.41, 5.74) is -1.04. The number of carbonyl (C=O) groups is 3. The lowest BCUT2D eigenvalue weighted by atomic mass is 9.96. The van der Waals surface area contributed by atoms with Crippen molar-refractivity contribution >= 4 is 35.1 Å². The zero-order chi connectivity index (χ0) is 16.8. The van der Waals surface area contributed by atoms with Gasteiger partial charge in [0, 0.05) is 0 Å². The molecular weight excluding hydrogens is 325 g/mol. The Balaban J connectivity index is 1.69. The van der Waals surface area contributed by atoms with E-state index in [1.165, 1.54) is 18.2 Å². The van der Waals surface area contributed by atoms with Gasteiger partial charge in [0.15, 0.2) is 5.82 Å². The van der Waals surface area contributed by atoms with Gasteiger partial charge >= 0.3 is 6.03 Å². The van der Waals surface area contributed by atoms with Gasteiger partial charge in [-0.25, -0.2) is 9.18 Å². The lowest BCUT2D eigenvalue weighted by Crippen LogP contribution is -2.46. The Morgan fingerprint density at radius 1 is 1.48 bits per heavy atom. The van der Waals surface area contributed by atoms with Crippen LogP contribution < -0.4 is 10.6 Å². The normalized spacial score (nSPS) is 23.9. The lowest BCUT2D eigenvalue weighted by Gasteiger charge is -2.20. The maximum Gasteiger partial charge on any atom is 0.325 e. The fourth-order valence-corrected chi connectivity index (χ4v) is 2.90. The van der Waals surface area contributed by atoms with Gasteiger partial charge < -0.3 is 10.6 Å². The van der Waals surface area contributed by atoms with Crippen molar-refractivity contribution in [3.8, 4) is 0 Å².